The Hall–Kier alpha value is -3.69. The first kappa shape index (κ1) is 30.3. The summed E-state index contributed by atoms with van der Waals surface area (Å²) >= 11 is 6.54. The van der Waals surface area contributed by atoms with E-state index >= 15 is 0 Å². The monoisotopic (exact) mass is 580 g/mol. The highest BCUT2D eigenvalue weighted by molar-refractivity contribution is 6.34. The first-order valence-electron chi connectivity index (χ1n) is 13.7. The van der Waals surface area contributed by atoms with E-state index < -0.39 is 5.95 Å². The number of aromatic nitrogens is 2. The third kappa shape index (κ3) is 6.80. The molecule has 0 bridgehead atoms. The summed E-state index contributed by atoms with van der Waals surface area (Å²) in [6, 6.07) is 8.04. The van der Waals surface area contributed by atoms with Gasteiger partial charge in [0.1, 0.15) is 11.4 Å². The second-order valence-electron chi connectivity index (χ2n) is 11.3. The molecule has 0 atom stereocenters. The number of benzene rings is 1. The zero-order valence-corrected chi connectivity index (χ0v) is 25.3. The van der Waals surface area contributed by atoms with Gasteiger partial charge < -0.3 is 14.9 Å². The highest BCUT2D eigenvalue weighted by Crippen LogP contribution is 2.40. The zero-order chi connectivity index (χ0) is 29.9. The first-order valence-corrected chi connectivity index (χ1v) is 14.1. The van der Waals surface area contributed by atoms with Crippen LogP contribution in [0.1, 0.15) is 33.4 Å². The van der Waals surface area contributed by atoms with Crippen molar-refractivity contribution in [3.05, 3.63) is 65.6 Å². The van der Waals surface area contributed by atoms with Gasteiger partial charge in [-0.05, 0) is 51.0 Å². The van der Waals surface area contributed by atoms with Crippen molar-refractivity contribution in [1.82, 2.24) is 19.8 Å². The second kappa shape index (κ2) is 12.4. The van der Waals surface area contributed by atoms with Crippen LogP contribution in [-0.4, -0.2) is 77.1 Å². The third-order valence-corrected chi connectivity index (χ3v) is 7.56. The van der Waals surface area contributed by atoms with E-state index in [1.807, 2.05) is 20.2 Å². The minimum Gasteiger partial charge on any atom is -0.505 e. The number of aromatic hydroxyl groups is 1. The van der Waals surface area contributed by atoms with Crippen LogP contribution < -0.4 is 9.80 Å². The molecule has 0 saturated carbocycles. The molecular formula is C31H38ClFN6O2. The molecule has 2 aromatic heterocycles. The minimum absolute atomic E-state index is 0.100. The maximum Gasteiger partial charge on any atom is 0.218 e. The summed E-state index contributed by atoms with van der Waals surface area (Å²) in [6.45, 7) is 12.3. The molecule has 1 aliphatic rings. The van der Waals surface area contributed by atoms with Crippen LogP contribution in [0.15, 0.2) is 48.9 Å². The molecule has 0 unspecified atom stereocenters. The van der Waals surface area contributed by atoms with Crippen LogP contribution in [0.3, 0.4) is 0 Å². The number of pyridine rings is 2. The van der Waals surface area contributed by atoms with Gasteiger partial charge in [0.25, 0.3) is 0 Å². The summed E-state index contributed by atoms with van der Waals surface area (Å²) in [5.74, 6) is -0.916. The van der Waals surface area contributed by atoms with Crippen LogP contribution >= 0.6 is 11.6 Å². The summed E-state index contributed by atoms with van der Waals surface area (Å²) in [7, 11) is 3.67. The molecule has 0 spiro atoms. The molecule has 0 radical (unpaired) electrons. The van der Waals surface area contributed by atoms with E-state index in [1.165, 1.54) is 11.0 Å². The van der Waals surface area contributed by atoms with Gasteiger partial charge in [0, 0.05) is 81.6 Å². The molecule has 8 nitrogen and oxygen atoms in total. The Morgan fingerprint density at radius 1 is 1.07 bits per heavy atom. The molecule has 4 rings (SSSR count). The van der Waals surface area contributed by atoms with E-state index in [9.17, 15) is 14.3 Å². The maximum absolute atomic E-state index is 14.9. The number of aryl methyl sites for hydroxylation is 1. The van der Waals surface area contributed by atoms with E-state index in [2.05, 4.69) is 47.5 Å². The number of halogens is 2. The lowest BCUT2D eigenvalue weighted by molar-refractivity contribution is -0.106. The Balaban J connectivity index is 1.70. The molecule has 10 heteroatoms. The molecule has 1 N–H and O–H groups in total. The number of hydrogen-bond acceptors (Lipinski definition) is 7. The quantitative estimate of drug-likeness (QED) is 0.267. The van der Waals surface area contributed by atoms with E-state index in [1.54, 1.807) is 41.7 Å². The average Bonchev–Trinajstić information content (AvgIpc) is 2.94. The van der Waals surface area contributed by atoms with Gasteiger partial charge >= 0.3 is 0 Å². The summed E-state index contributed by atoms with van der Waals surface area (Å²) in [5, 5.41) is 11.6. The first-order chi connectivity index (χ1) is 19.4. The van der Waals surface area contributed by atoms with Crippen molar-refractivity contribution in [3.63, 3.8) is 0 Å². The molecular weight excluding hydrogens is 543 g/mol. The van der Waals surface area contributed by atoms with Gasteiger partial charge in [-0.3, -0.25) is 19.6 Å². The SMILES string of the molecule is CCc1ncc(-c2nc(F)cc(-c3ccc(N(C=O)/C=C\N(C)C)c(Cl)c3)c2O)cc1N1CCN(C(C)(C)C)CC1. The summed E-state index contributed by atoms with van der Waals surface area (Å²) in [6.07, 6.45) is 6.33. The smallest absolute Gasteiger partial charge is 0.218 e. The normalized spacial score (nSPS) is 14.5. The van der Waals surface area contributed by atoms with Crippen molar-refractivity contribution in [2.45, 2.75) is 39.7 Å². The molecule has 41 heavy (non-hydrogen) atoms. The van der Waals surface area contributed by atoms with E-state index in [-0.39, 0.29) is 27.6 Å². The lowest BCUT2D eigenvalue weighted by Crippen LogP contribution is -2.53. The van der Waals surface area contributed by atoms with Crippen LogP contribution in [0.5, 0.6) is 5.75 Å². The Morgan fingerprint density at radius 3 is 2.37 bits per heavy atom. The van der Waals surface area contributed by atoms with Crippen LogP contribution in [-0.2, 0) is 11.2 Å². The fourth-order valence-corrected chi connectivity index (χ4v) is 5.24. The van der Waals surface area contributed by atoms with Crippen LogP contribution in [0.25, 0.3) is 22.4 Å². The highest BCUT2D eigenvalue weighted by atomic mass is 35.5. The number of piperazine rings is 1. The molecule has 1 fully saturated rings. The zero-order valence-electron chi connectivity index (χ0n) is 24.5. The lowest BCUT2D eigenvalue weighted by Gasteiger charge is -2.43. The van der Waals surface area contributed by atoms with Gasteiger partial charge in [-0.25, -0.2) is 4.98 Å². The molecule has 0 aliphatic carbocycles. The third-order valence-electron chi connectivity index (χ3n) is 7.26. The second-order valence-corrected chi connectivity index (χ2v) is 11.7. The number of carbonyl (C=O) groups is 1. The fourth-order valence-electron chi connectivity index (χ4n) is 4.96. The fraction of sp³-hybridized carbons (Fsp3) is 0.387. The Kier molecular flexibility index (Phi) is 9.19. The van der Waals surface area contributed by atoms with Crippen molar-refractivity contribution in [2.75, 3.05) is 50.1 Å². The summed E-state index contributed by atoms with van der Waals surface area (Å²) < 4.78 is 14.9. The molecule has 1 saturated heterocycles. The molecule has 3 aromatic rings. The number of anilines is 2. The largest absolute Gasteiger partial charge is 0.505 e. The van der Waals surface area contributed by atoms with E-state index in [4.69, 9.17) is 11.6 Å². The van der Waals surface area contributed by atoms with Crippen molar-refractivity contribution >= 4 is 29.4 Å². The lowest BCUT2D eigenvalue weighted by atomic mass is 10.0. The molecule has 218 valence electrons. The van der Waals surface area contributed by atoms with Gasteiger partial charge in [-0.15, -0.1) is 0 Å². The summed E-state index contributed by atoms with van der Waals surface area (Å²) in [4.78, 5) is 28.3. The number of carbonyl (C=O) groups excluding carboxylic acids is 1. The van der Waals surface area contributed by atoms with Crippen molar-refractivity contribution in [2.24, 2.45) is 0 Å². The van der Waals surface area contributed by atoms with E-state index in [0.29, 0.717) is 23.2 Å². The minimum atomic E-state index is -0.739. The van der Waals surface area contributed by atoms with E-state index in [0.717, 1.165) is 44.0 Å². The number of amides is 1. The average molecular weight is 581 g/mol. The molecule has 1 amide bonds. The summed E-state index contributed by atoms with van der Waals surface area (Å²) in [5.41, 5.74) is 3.82. The molecule has 3 heterocycles. The number of rotatable bonds is 8. The Bertz CT molecular complexity index is 1430. The Labute approximate surface area is 246 Å². The maximum atomic E-state index is 14.9. The Morgan fingerprint density at radius 2 is 1.78 bits per heavy atom. The highest BCUT2D eigenvalue weighted by Gasteiger charge is 2.27. The van der Waals surface area contributed by atoms with Gasteiger partial charge in [0.2, 0.25) is 12.4 Å². The standard InChI is InChI=1S/C31H38ClFN6O2/c1-7-25-27(37-12-14-39(15-13-37)31(2,3)4)17-22(19-34-25)29-30(41)23(18-28(33)35-29)21-8-9-26(24(32)16-21)38(20-40)11-10-36(5)6/h8-11,16-20,41H,7,12-15H2,1-6H3/b11-10-. The predicted molar refractivity (Wildman–Crippen MR) is 164 cm³/mol. The van der Waals surface area contributed by atoms with Crippen LogP contribution in [0.2, 0.25) is 5.02 Å². The van der Waals surface area contributed by atoms with Crippen LogP contribution in [0.4, 0.5) is 15.8 Å². The molecule has 1 aliphatic heterocycles. The van der Waals surface area contributed by atoms with Gasteiger partial charge in [0.05, 0.1) is 22.1 Å². The van der Waals surface area contributed by atoms with Crippen molar-refractivity contribution in [1.29, 1.82) is 0 Å². The van der Waals surface area contributed by atoms with Gasteiger partial charge in [-0.2, -0.15) is 4.39 Å². The van der Waals surface area contributed by atoms with Crippen molar-refractivity contribution < 1.29 is 14.3 Å². The van der Waals surface area contributed by atoms with Gasteiger partial charge in [-0.1, -0.05) is 24.6 Å². The van der Waals surface area contributed by atoms with Crippen LogP contribution in [0, 0.1) is 5.95 Å². The number of hydrogen-bond donors (Lipinski definition) is 1. The number of nitrogens with zero attached hydrogens (tertiary/aromatic N) is 6. The molecule has 1 aromatic carbocycles. The topological polar surface area (TPSA) is 76.0 Å². The predicted octanol–water partition coefficient (Wildman–Crippen LogP) is 5.79. The van der Waals surface area contributed by atoms with Crippen molar-refractivity contribution in [3.8, 4) is 28.1 Å². The van der Waals surface area contributed by atoms with Gasteiger partial charge in [0.15, 0.2) is 0 Å².